The number of carbonyl (C=O) groups is 1. The van der Waals surface area contributed by atoms with Crippen LogP contribution in [0, 0.1) is 10.1 Å². The number of nitrogens with zero attached hydrogens (tertiary/aromatic N) is 2. The Kier molecular flexibility index (Phi) is 4.17. The number of non-ortho nitro benzene ring substituents is 1. The van der Waals surface area contributed by atoms with Crippen LogP contribution in [0.25, 0.3) is 0 Å². The summed E-state index contributed by atoms with van der Waals surface area (Å²) in [5.41, 5.74) is 6.34. The summed E-state index contributed by atoms with van der Waals surface area (Å²) in [6.07, 6.45) is 0. The number of carbonyl (C=O) groups excluding carboxylic acids is 1. The molecule has 0 heterocycles. The number of benzene rings is 1. The van der Waals surface area contributed by atoms with Crippen LogP contribution in [-0.2, 0) is 11.3 Å². The van der Waals surface area contributed by atoms with Crippen molar-refractivity contribution in [3.63, 3.8) is 0 Å². The fraction of sp³-hybridized carbons (Fsp3) is 0.364. The second kappa shape index (κ2) is 5.40. The third-order valence-corrected chi connectivity index (χ3v) is 2.33. The van der Waals surface area contributed by atoms with E-state index in [0.717, 1.165) is 5.56 Å². The molecule has 0 spiro atoms. The molecule has 1 atom stereocenters. The van der Waals surface area contributed by atoms with E-state index in [-0.39, 0.29) is 11.6 Å². The van der Waals surface area contributed by atoms with Gasteiger partial charge in [-0.25, -0.2) is 0 Å². The van der Waals surface area contributed by atoms with Crippen molar-refractivity contribution in [2.24, 2.45) is 5.73 Å². The average molecular weight is 237 g/mol. The second-order valence-corrected chi connectivity index (χ2v) is 3.91. The molecule has 0 radical (unpaired) electrons. The molecule has 1 unspecified atom stereocenters. The van der Waals surface area contributed by atoms with Crippen LogP contribution in [0.2, 0.25) is 0 Å². The fourth-order valence-corrected chi connectivity index (χ4v) is 1.42. The molecule has 1 amide bonds. The van der Waals surface area contributed by atoms with Gasteiger partial charge in [-0.2, -0.15) is 0 Å². The maximum atomic E-state index is 11.5. The molecule has 0 aliphatic carbocycles. The van der Waals surface area contributed by atoms with Crippen molar-refractivity contribution in [1.29, 1.82) is 0 Å². The van der Waals surface area contributed by atoms with Gasteiger partial charge in [0.25, 0.3) is 5.69 Å². The number of nitro groups is 1. The first kappa shape index (κ1) is 13.1. The molecule has 0 aliphatic rings. The van der Waals surface area contributed by atoms with Gasteiger partial charge in [0.1, 0.15) is 0 Å². The van der Waals surface area contributed by atoms with Gasteiger partial charge in [-0.3, -0.25) is 14.9 Å². The van der Waals surface area contributed by atoms with E-state index in [1.165, 1.54) is 17.0 Å². The highest BCUT2D eigenvalue weighted by Crippen LogP contribution is 2.13. The molecule has 6 nitrogen and oxygen atoms in total. The molecule has 0 aliphatic heterocycles. The van der Waals surface area contributed by atoms with E-state index in [0.29, 0.717) is 6.54 Å². The first-order valence-electron chi connectivity index (χ1n) is 5.15. The molecule has 92 valence electrons. The van der Waals surface area contributed by atoms with Crippen LogP contribution in [0.3, 0.4) is 0 Å². The Bertz CT molecular complexity index is 414. The van der Waals surface area contributed by atoms with Gasteiger partial charge in [0.05, 0.1) is 11.0 Å². The van der Waals surface area contributed by atoms with Crippen LogP contribution >= 0.6 is 0 Å². The predicted octanol–water partition coefficient (Wildman–Crippen LogP) is 0.900. The first-order valence-corrected chi connectivity index (χ1v) is 5.15. The minimum absolute atomic E-state index is 0.0370. The molecule has 2 N–H and O–H groups in total. The number of hydrogen-bond donors (Lipinski definition) is 1. The van der Waals surface area contributed by atoms with Gasteiger partial charge < -0.3 is 10.6 Å². The third kappa shape index (κ3) is 3.53. The van der Waals surface area contributed by atoms with Crippen LogP contribution in [-0.4, -0.2) is 28.8 Å². The van der Waals surface area contributed by atoms with Crippen molar-refractivity contribution in [1.82, 2.24) is 4.90 Å². The van der Waals surface area contributed by atoms with Gasteiger partial charge in [-0.1, -0.05) is 12.1 Å². The molecule has 0 bridgehead atoms. The van der Waals surface area contributed by atoms with Crippen LogP contribution < -0.4 is 5.73 Å². The van der Waals surface area contributed by atoms with Crippen LogP contribution in [0.15, 0.2) is 24.3 Å². The SMILES string of the molecule is CC(N)C(=O)N(C)Cc1ccc([N+](=O)[O-])cc1. The van der Waals surface area contributed by atoms with Crippen molar-refractivity contribution < 1.29 is 9.72 Å². The van der Waals surface area contributed by atoms with E-state index in [1.54, 1.807) is 26.1 Å². The summed E-state index contributed by atoms with van der Waals surface area (Å²) in [7, 11) is 1.65. The maximum absolute atomic E-state index is 11.5. The van der Waals surface area contributed by atoms with Gasteiger partial charge in [0.2, 0.25) is 5.91 Å². The molecule has 0 fully saturated rings. The Morgan fingerprint density at radius 3 is 2.41 bits per heavy atom. The standard InChI is InChI=1S/C11H15N3O3/c1-8(12)11(15)13(2)7-9-3-5-10(6-4-9)14(16)17/h3-6,8H,7,12H2,1-2H3. The molecule has 0 saturated heterocycles. The summed E-state index contributed by atoms with van der Waals surface area (Å²) in [4.78, 5) is 23.0. The molecule has 0 saturated carbocycles. The highest BCUT2D eigenvalue weighted by atomic mass is 16.6. The molecule has 1 aromatic carbocycles. The first-order chi connectivity index (χ1) is 7.91. The van der Waals surface area contributed by atoms with Crippen molar-refractivity contribution >= 4 is 11.6 Å². The highest BCUT2D eigenvalue weighted by molar-refractivity contribution is 5.80. The summed E-state index contributed by atoms with van der Waals surface area (Å²) >= 11 is 0. The zero-order chi connectivity index (χ0) is 13.0. The van der Waals surface area contributed by atoms with Gasteiger partial charge in [-0.15, -0.1) is 0 Å². The normalized spacial score (nSPS) is 11.9. The summed E-state index contributed by atoms with van der Waals surface area (Å²) < 4.78 is 0. The molecule has 1 rings (SSSR count). The van der Waals surface area contributed by atoms with Gasteiger partial charge in [0.15, 0.2) is 0 Å². The number of nitro benzene ring substituents is 1. The number of amides is 1. The van der Waals surface area contributed by atoms with Crippen LogP contribution in [0.4, 0.5) is 5.69 Å². The van der Waals surface area contributed by atoms with E-state index in [9.17, 15) is 14.9 Å². The Labute approximate surface area is 99.2 Å². The van der Waals surface area contributed by atoms with E-state index in [1.807, 2.05) is 0 Å². The number of likely N-dealkylation sites (N-methyl/N-ethyl adjacent to an activating group) is 1. The summed E-state index contributed by atoms with van der Waals surface area (Å²) in [5, 5.41) is 10.5. The number of rotatable bonds is 4. The van der Waals surface area contributed by atoms with Crippen LogP contribution in [0.5, 0.6) is 0 Å². The summed E-state index contributed by atoms with van der Waals surface area (Å²) in [6, 6.07) is 5.55. The second-order valence-electron chi connectivity index (χ2n) is 3.91. The van der Waals surface area contributed by atoms with Gasteiger partial charge >= 0.3 is 0 Å². The zero-order valence-electron chi connectivity index (χ0n) is 9.79. The number of nitrogens with two attached hydrogens (primary N) is 1. The number of hydrogen-bond acceptors (Lipinski definition) is 4. The van der Waals surface area contributed by atoms with Crippen LogP contribution in [0.1, 0.15) is 12.5 Å². The third-order valence-electron chi connectivity index (χ3n) is 2.33. The molecule has 1 aromatic rings. The van der Waals surface area contributed by atoms with Crippen molar-refractivity contribution in [2.75, 3.05) is 7.05 Å². The maximum Gasteiger partial charge on any atom is 0.269 e. The largest absolute Gasteiger partial charge is 0.340 e. The quantitative estimate of drug-likeness (QED) is 0.622. The fourth-order valence-electron chi connectivity index (χ4n) is 1.42. The lowest BCUT2D eigenvalue weighted by Crippen LogP contribution is -2.39. The minimum Gasteiger partial charge on any atom is -0.340 e. The summed E-state index contributed by atoms with van der Waals surface area (Å²) in [6.45, 7) is 2.01. The van der Waals surface area contributed by atoms with Gasteiger partial charge in [0, 0.05) is 25.7 Å². The Balaban J connectivity index is 2.69. The predicted molar refractivity (Wildman–Crippen MR) is 63.2 cm³/mol. The molecular weight excluding hydrogens is 222 g/mol. The molecule has 6 heteroatoms. The Morgan fingerprint density at radius 2 is 2.00 bits per heavy atom. The van der Waals surface area contributed by atoms with E-state index in [4.69, 9.17) is 5.73 Å². The molecule has 0 aromatic heterocycles. The lowest BCUT2D eigenvalue weighted by molar-refractivity contribution is -0.384. The van der Waals surface area contributed by atoms with E-state index < -0.39 is 11.0 Å². The Hall–Kier alpha value is -1.95. The monoisotopic (exact) mass is 237 g/mol. The summed E-state index contributed by atoms with van der Waals surface area (Å²) in [5.74, 6) is -0.164. The lowest BCUT2D eigenvalue weighted by Gasteiger charge is -2.19. The smallest absolute Gasteiger partial charge is 0.269 e. The van der Waals surface area contributed by atoms with Crippen molar-refractivity contribution in [3.8, 4) is 0 Å². The lowest BCUT2D eigenvalue weighted by atomic mass is 10.2. The van der Waals surface area contributed by atoms with Crippen molar-refractivity contribution in [2.45, 2.75) is 19.5 Å². The van der Waals surface area contributed by atoms with E-state index >= 15 is 0 Å². The molecular formula is C11H15N3O3. The minimum atomic E-state index is -0.543. The zero-order valence-corrected chi connectivity index (χ0v) is 9.79. The highest BCUT2D eigenvalue weighted by Gasteiger charge is 2.13. The topological polar surface area (TPSA) is 89.5 Å². The van der Waals surface area contributed by atoms with Crippen molar-refractivity contribution in [3.05, 3.63) is 39.9 Å². The van der Waals surface area contributed by atoms with Gasteiger partial charge in [-0.05, 0) is 12.5 Å². The molecule has 17 heavy (non-hydrogen) atoms. The van der Waals surface area contributed by atoms with E-state index in [2.05, 4.69) is 0 Å². The average Bonchev–Trinajstić information content (AvgIpc) is 2.28. The Morgan fingerprint density at radius 1 is 1.47 bits per heavy atom.